The van der Waals surface area contributed by atoms with Crippen LogP contribution in [-0.4, -0.2) is 21.0 Å². The monoisotopic (exact) mass is 352 g/mol. The molecule has 108 valence electrons. The molecule has 1 N–H and O–H groups in total. The summed E-state index contributed by atoms with van der Waals surface area (Å²) in [7, 11) is 0. The highest BCUT2D eigenvalue weighted by molar-refractivity contribution is 9.10. The van der Waals surface area contributed by atoms with Crippen molar-refractivity contribution < 1.29 is 14.1 Å². The molecule has 1 heterocycles. The number of halogens is 1. The smallest absolute Gasteiger partial charge is 0.322 e. The molecule has 2 aromatic rings. The van der Waals surface area contributed by atoms with E-state index in [1.807, 2.05) is 0 Å². The van der Waals surface area contributed by atoms with Crippen molar-refractivity contribution in [2.75, 3.05) is 5.32 Å². The second kappa shape index (κ2) is 5.24. The predicted molar refractivity (Wildman–Crippen MR) is 75.0 cm³/mol. The number of benzene rings is 1. The number of anilines is 1. The van der Waals surface area contributed by atoms with Crippen LogP contribution >= 0.6 is 15.9 Å². The van der Waals surface area contributed by atoms with E-state index in [0.29, 0.717) is 5.89 Å². The summed E-state index contributed by atoms with van der Waals surface area (Å²) >= 11 is 3.07. The summed E-state index contributed by atoms with van der Waals surface area (Å²) in [4.78, 5) is 22.4. The molecule has 0 bridgehead atoms. The molecular weight excluding hydrogens is 344 g/mol. The van der Waals surface area contributed by atoms with Crippen molar-refractivity contribution in [1.29, 1.82) is 0 Å². The van der Waals surface area contributed by atoms with E-state index in [4.69, 9.17) is 4.42 Å². The largest absolute Gasteiger partial charge is 0.408 e. The van der Waals surface area contributed by atoms with E-state index in [9.17, 15) is 14.9 Å². The summed E-state index contributed by atoms with van der Waals surface area (Å²) in [5, 5.41) is 20.9. The van der Waals surface area contributed by atoms with Crippen LogP contribution in [0.3, 0.4) is 0 Å². The summed E-state index contributed by atoms with van der Waals surface area (Å²) in [6.45, 7) is 0. The van der Waals surface area contributed by atoms with Crippen molar-refractivity contribution in [3.8, 4) is 0 Å². The van der Waals surface area contributed by atoms with Gasteiger partial charge in [0.05, 0.1) is 10.5 Å². The van der Waals surface area contributed by atoms with Gasteiger partial charge in [-0.05, 0) is 34.8 Å². The van der Waals surface area contributed by atoms with Crippen molar-refractivity contribution >= 4 is 33.5 Å². The number of aromatic nitrogens is 2. The first kappa shape index (κ1) is 13.7. The minimum atomic E-state index is -0.571. The molecule has 21 heavy (non-hydrogen) atoms. The lowest BCUT2D eigenvalue weighted by Crippen LogP contribution is -2.13. The lowest BCUT2D eigenvalue weighted by molar-refractivity contribution is -0.385. The molecule has 1 aliphatic rings. The number of nitrogens with zero attached hydrogens (tertiary/aromatic N) is 3. The third-order valence-corrected chi connectivity index (χ3v) is 3.84. The number of hydrogen-bond donors (Lipinski definition) is 1. The molecular formula is C12H9BrN4O4. The van der Waals surface area contributed by atoms with Crippen LogP contribution in [0, 0.1) is 10.1 Å². The normalized spacial score (nSPS) is 14.0. The van der Waals surface area contributed by atoms with Gasteiger partial charge in [-0.1, -0.05) is 11.2 Å². The van der Waals surface area contributed by atoms with Gasteiger partial charge in [0.25, 0.3) is 11.6 Å². The zero-order valence-corrected chi connectivity index (χ0v) is 12.2. The Kier molecular flexibility index (Phi) is 3.42. The fourth-order valence-electron chi connectivity index (χ4n) is 1.78. The van der Waals surface area contributed by atoms with E-state index < -0.39 is 10.8 Å². The number of nitro benzene ring substituents is 1. The maximum absolute atomic E-state index is 12.1. The molecule has 0 aliphatic heterocycles. The fraction of sp³-hybridized carbons (Fsp3) is 0.250. The van der Waals surface area contributed by atoms with Gasteiger partial charge in [0, 0.05) is 12.0 Å². The molecule has 8 nitrogen and oxygen atoms in total. The van der Waals surface area contributed by atoms with Crippen molar-refractivity contribution in [2.45, 2.75) is 18.8 Å². The van der Waals surface area contributed by atoms with Crippen LogP contribution < -0.4 is 5.32 Å². The van der Waals surface area contributed by atoms with Crippen LogP contribution in [0.4, 0.5) is 11.7 Å². The maximum atomic E-state index is 12.1. The third-order valence-electron chi connectivity index (χ3n) is 3.01. The molecule has 0 spiro atoms. The zero-order chi connectivity index (χ0) is 15.0. The Morgan fingerprint density at radius 2 is 2.19 bits per heavy atom. The second-order valence-corrected chi connectivity index (χ2v) is 5.36. The highest BCUT2D eigenvalue weighted by atomic mass is 79.9. The Morgan fingerprint density at radius 3 is 2.86 bits per heavy atom. The number of amides is 1. The Bertz CT molecular complexity index is 726. The topological polar surface area (TPSA) is 111 Å². The van der Waals surface area contributed by atoms with Crippen LogP contribution in [0.5, 0.6) is 0 Å². The van der Waals surface area contributed by atoms with Crippen LogP contribution in [0.2, 0.25) is 0 Å². The van der Waals surface area contributed by atoms with Gasteiger partial charge in [-0.2, -0.15) is 0 Å². The summed E-state index contributed by atoms with van der Waals surface area (Å²) < 4.78 is 5.42. The van der Waals surface area contributed by atoms with Gasteiger partial charge in [0.1, 0.15) is 4.47 Å². The molecule has 1 fully saturated rings. The molecule has 1 amide bonds. The van der Waals surface area contributed by atoms with E-state index in [1.165, 1.54) is 18.2 Å². The summed E-state index contributed by atoms with van der Waals surface area (Å²) in [6, 6.07) is 4.19. The first-order valence-electron chi connectivity index (χ1n) is 6.14. The second-order valence-electron chi connectivity index (χ2n) is 4.57. The van der Waals surface area contributed by atoms with Crippen molar-refractivity contribution in [3.63, 3.8) is 0 Å². The number of nitro groups is 1. The molecule has 0 unspecified atom stereocenters. The molecule has 0 saturated heterocycles. The highest BCUT2D eigenvalue weighted by Gasteiger charge is 2.30. The molecule has 1 aliphatic carbocycles. The van der Waals surface area contributed by atoms with E-state index in [1.54, 1.807) is 0 Å². The first-order chi connectivity index (χ1) is 10.1. The maximum Gasteiger partial charge on any atom is 0.322 e. The summed E-state index contributed by atoms with van der Waals surface area (Å²) in [5.41, 5.74) is -0.0674. The average Bonchev–Trinajstić information content (AvgIpc) is 3.19. The van der Waals surface area contributed by atoms with Crippen LogP contribution in [0.15, 0.2) is 27.1 Å². The molecule has 0 radical (unpaired) electrons. The van der Waals surface area contributed by atoms with Gasteiger partial charge in [0.15, 0.2) is 0 Å². The zero-order valence-electron chi connectivity index (χ0n) is 10.6. The van der Waals surface area contributed by atoms with E-state index in [-0.39, 0.29) is 27.7 Å². The Hall–Kier alpha value is -2.29. The summed E-state index contributed by atoms with van der Waals surface area (Å²) in [5.74, 6) is 0.229. The summed E-state index contributed by atoms with van der Waals surface area (Å²) in [6.07, 6.45) is 2.01. The number of hydrogen-bond acceptors (Lipinski definition) is 6. The minimum absolute atomic E-state index is 0.0136. The number of carbonyl (C=O) groups is 1. The van der Waals surface area contributed by atoms with Gasteiger partial charge >= 0.3 is 6.01 Å². The van der Waals surface area contributed by atoms with Crippen LogP contribution in [0.1, 0.15) is 35.0 Å². The lowest BCUT2D eigenvalue weighted by Gasteiger charge is -2.03. The SMILES string of the molecule is O=C(Nc1nnc(C2CC2)o1)c1cccc([N+](=O)[O-])c1Br. The fourth-order valence-corrected chi connectivity index (χ4v) is 2.37. The first-order valence-corrected chi connectivity index (χ1v) is 6.93. The predicted octanol–water partition coefficient (Wildman–Crippen LogP) is 2.87. The number of nitrogens with one attached hydrogen (secondary N) is 1. The van der Waals surface area contributed by atoms with E-state index >= 15 is 0 Å². The molecule has 1 aromatic heterocycles. The van der Waals surface area contributed by atoms with Gasteiger partial charge in [-0.25, -0.2) is 0 Å². The molecule has 0 atom stereocenters. The molecule has 9 heteroatoms. The number of rotatable bonds is 4. The van der Waals surface area contributed by atoms with Gasteiger partial charge in [-0.15, -0.1) is 5.10 Å². The molecule has 1 aromatic carbocycles. The quantitative estimate of drug-likeness (QED) is 0.668. The van der Waals surface area contributed by atoms with Crippen LogP contribution in [-0.2, 0) is 0 Å². The van der Waals surface area contributed by atoms with Gasteiger partial charge < -0.3 is 4.42 Å². The standard InChI is InChI=1S/C12H9BrN4O4/c13-9-7(2-1-3-8(9)17(19)20)10(18)14-12-16-15-11(21-12)6-4-5-6/h1-3,6H,4-5H2,(H,14,16,18). The Morgan fingerprint density at radius 1 is 1.43 bits per heavy atom. The number of carbonyl (C=O) groups excluding carboxylic acids is 1. The minimum Gasteiger partial charge on any atom is -0.408 e. The van der Waals surface area contributed by atoms with E-state index in [0.717, 1.165) is 12.8 Å². The molecule has 1 saturated carbocycles. The van der Waals surface area contributed by atoms with Gasteiger partial charge in [0.2, 0.25) is 5.89 Å². The van der Waals surface area contributed by atoms with Gasteiger partial charge in [-0.3, -0.25) is 20.2 Å². The Balaban J connectivity index is 1.81. The van der Waals surface area contributed by atoms with Crippen molar-refractivity contribution in [3.05, 3.63) is 44.2 Å². The van der Waals surface area contributed by atoms with Crippen molar-refractivity contribution in [1.82, 2.24) is 10.2 Å². The van der Waals surface area contributed by atoms with Crippen molar-refractivity contribution in [2.24, 2.45) is 0 Å². The Labute approximate surface area is 126 Å². The highest BCUT2D eigenvalue weighted by Crippen LogP contribution is 2.39. The van der Waals surface area contributed by atoms with Crippen LogP contribution in [0.25, 0.3) is 0 Å². The van der Waals surface area contributed by atoms with E-state index in [2.05, 4.69) is 31.4 Å². The third kappa shape index (κ3) is 2.77. The molecule has 3 rings (SSSR count). The lowest BCUT2D eigenvalue weighted by atomic mass is 10.2. The average molecular weight is 353 g/mol.